The number of nitrogens with zero attached hydrogens (tertiary/aromatic N) is 1. The highest BCUT2D eigenvalue weighted by molar-refractivity contribution is 7.89. The Kier molecular flexibility index (Phi) is 5.40. The zero-order valence-corrected chi connectivity index (χ0v) is 20.2. The molecule has 0 radical (unpaired) electrons. The highest BCUT2D eigenvalue weighted by Gasteiger charge is 2.56. The number of amides is 1. The highest BCUT2D eigenvalue weighted by atomic mass is 35.5. The summed E-state index contributed by atoms with van der Waals surface area (Å²) in [6.07, 6.45) is 8.75. The number of benzene rings is 1. The lowest BCUT2D eigenvalue weighted by Crippen LogP contribution is -2.62. The van der Waals surface area contributed by atoms with E-state index in [2.05, 4.69) is 12.2 Å². The van der Waals surface area contributed by atoms with Crippen molar-refractivity contribution in [2.45, 2.75) is 81.2 Å². The molecule has 1 saturated heterocycles. The molecule has 5 fully saturated rings. The number of nitrogens with one attached hydrogen (secondary N) is 1. The summed E-state index contributed by atoms with van der Waals surface area (Å²) >= 11 is 12.1. The predicted molar refractivity (Wildman–Crippen MR) is 122 cm³/mol. The summed E-state index contributed by atoms with van der Waals surface area (Å²) in [5, 5.41) is 3.91. The molecule has 1 N–H and O–H groups in total. The van der Waals surface area contributed by atoms with E-state index in [0.717, 1.165) is 37.5 Å². The molecule has 170 valence electrons. The van der Waals surface area contributed by atoms with E-state index in [4.69, 9.17) is 23.2 Å². The third-order valence-electron chi connectivity index (χ3n) is 7.98. The van der Waals surface area contributed by atoms with Crippen LogP contribution in [0.25, 0.3) is 0 Å². The lowest BCUT2D eigenvalue weighted by molar-refractivity contribution is -0.130. The number of carbonyl (C=O) groups excluding carboxylic acids is 1. The number of carbonyl (C=O) groups is 1. The minimum Gasteiger partial charge on any atom is -0.351 e. The number of halogens is 2. The number of hydrogen-bond acceptors (Lipinski definition) is 3. The van der Waals surface area contributed by atoms with Crippen LogP contribution in [0.1, 0.15) is 64.7 Å². The summed E-state index contributed by atoms with van der Waals surface area (Å²) < 4.78 is 28.0. The van der Waals surface area contributed by atoms with E-state index in [9.17, 15) is 13.2 Å². The SMILES string of the molecule is CC12C[C@H]3C[C@@H](C1)CC(NC(=O)CC1CCCN1S(=O)(=O)c1ccc(Cl)cc1Cl)(C3)C2. The first-order valence-electron chi connectivity index (χ1n) is 11.4. The minimum atomic E-state index is -3.78. The van der Waals surface area contributed by atoms with Crippen LogP contribution in [0.4, 0.5) is 0 Å². The molecule has 8 heteroatoms. The number of sulfonamides is 1. The van der Waals surface area contributed by atoms with Crippen molar-refractivity contribution in [1.82, 2.24) is 9.62 Å². The third-order valence-corrected chi connectivity index (χ3v) is 10.7. The molecule has 4 aliphatic carbocycles. The number of rotatable bonds is 5. The molecule has 0 aromatic heterocycles. The molecule has 6 rings (SSSR count). The molecule has 1 aromatic carbocycles. The van der Waals surface area contributed by atoms with E-state index >= 15 is 0 Å². The summed E-state index contributed by atoms with van der Waals surface area (Å²) in [6, 6.07) is 4.10. The second-order valence-corrected chi connectivity index (χ2v) is 13.5. The average molecular weight is 485 g/mol. The number of hydrogen-bond donors (Lipinski definition) is 1. The molecule has 5 aliphatic rings. The molecular weight excluding hydrogens is 455 g/mol. The Morgan fingerprint density at radius 2 is 1.90 bits per heavy atom. The second-order valence-electron chi connectivity index (χ2n) is 10.8. The maximum absolute atomic E-state index is 13.3. The Morgan fingerprint density at radius 1 is 1.19 bits per heavy atom. The summed E-state index contributed by atoms with van der Waals surface area (Å²) in [5.74, 6) is 1.43. The van der Waals surface area contributed by atoms with Crippen molar-refractivity contribution < 1.29 is 13.2 Å². The van der Waals surface area contributed by atoms with Crippen LogP contribution < -0.4 is 5.32 Å². The van der Waals surface area contributed by atoms with Crippen LogP contribution in [0, 0.1) is 17.3 Å². The first-order chi connectivity index (χ1) is 14.6. The van der Waals surface area contributed by atoms with Gasteiger partial charge >= 0.3 is 0 Å². The van der Waals surface area contributed by atoms with Gasteiger partial charge < -0.3 is 5.32 Å². The van der Waals surface area contributed by atoms with Gasteiger partial charge in [0.1, 0.15) is 4.90 Å². The van der Waals surface area contributed by atoms with Crippen LogP contribution in [0.5, 0.6) is 0 Å². The average Bonchev–Trinajstić information content (AvgIpc) is 3.07. The fourth-order valence-corrected chi connectivity index (χ4v) is 10.0. The zero-order chi connectivity index (χ0) is 22.0. The van der Waals surface area contributed by atoms with Gasteiger partial charge in [0.05, 0.1) is 5.02 Å². The van der Waals surface area contributed by atoms with Gasteiger partial charge in [-0.25, -0.2) is 8.42 Å². The molecule has 1 aliphatic heterocycles. The molecule has 5 atom stereocenters. The van der Waals surface area contributed by atoms with Gasteiger partial charge in [-0.05, 0) is 86.8 Å². The molecule has 4 bridgehead atoms. The van der Waals surface area contributed by atoms with Crippen LogP contribution in [0.3, 0.4) is 0 Å². The topological polar surface area (TPSA) is 66.5 Å². The molecule has 1 aromatic rings. The monoisotopic (exact) mass is 484 g/mol. The zero-order valence-electron chi connectivity index (χ0n) is 17.9. The van der Waals surface area contributed by atoms with Gasteiger partial charge in [-0.15, -0.1) is 0 Å². The van der Waals surface area contributed by atoms with Gasteiger partial charge in [0, 0.05) is 29.6 Å². The molecule has 1 heterocycles. The Bertz CT molecular complexity index is 998. The Hall–Kier alpha value is -0.820. The molecule has 0 spiro atoms. The van der Waals surface area contributed by atoms with E-state index < -0.39 is 10.0 Å². The van der Waals surface area contributed by atoms with Crippen LogP contribution in [0.15, 0.2) is 23.1 Å². The maximum Gasteiger partial charge on any atom is 0.244 e. The van der Waals surface area contributed by atoms with E-state index in [1.54, 1.807) is 0 Å². The molecule has 3 unspecified atom stereocenters. The standard InChI is InChI=1S/C23H30Cl2N2O3S/c1-22-10-15-7-16(11-22)13-23(12-15,14-22)26-21(28)9-18-3-2-6-27(18)31(29,30)20-5-4-17(24)8-19(20)25/h4-5,8,15-16,18H,2-3,6-7,9-14H2,1H3,(H,26,28)/t15-,16+,18?,22?,23?. The van der Waals surface area contributed by atoms with Crippen molar-refractivity contribution in [3.05, 3.63) is 28.2 Å². The quantitative estimate of drug-likeness (QED) is 0.638. The normalized spacial score (nSPS) is 37.3. The summed E-state index contributed by atoms with van der Waals surface area (Å²) in [6.45, 7) is 2.79. The third kappa shape index (κ3) is 4.03. The van der Waals surface area contributed by atoms with Gasteiger partial charge in [-0.1, -0.05) is 30.1 Å². The van der Waals surface area contributed by atoms with Crippen molar-refractivity contribution in [3.63, 3.8) is 0 Å². The van der Waals surface area contributed by atoms with Crippen molar-refractivity contribution in [1.29, 1.82) is 0 Å². The highest BCUT2D eigenvalue weighted by Crippen LogP contribution is 2.61. The van der Waals surface area contributed by atoms with Crippen LogP contribution in [-0.4, -0.2) is 36.8 Å². The minimum absolute atomic E-state index is 0.0140. The van der Waals surface area contributed by atoms with Crippen molar-refractivity contribution in [2.75, 3.05) is 6.54 Å². The van der Waals surface area contributed by atoms with Crippen molar-refractivity contribution >= 4 is 39.1 Å². The second kappa shape index (κ2) is 7.61. The Labute approximate surface area is 194 Å². The maximum atomic E-state index is 13.3. The van der Waals surface area contributed by atoms with Crippen LogP contribution in [-0.2, 0) is 14.8 Å². The fraction of sp³-hybridized carbons (Fsp3) is 0.696. The van der Waals surface area contributed by atoms with Crippen molar-refractivity contribution in [2.24, 2.45) is 17.3 Å². The Morgan fingerprint density at radius 3 is 2.55 bits per heavy atom. The van der Waals surface area contributed by atoms with Gasteiger partial charge in [0.15, 0.2) is 0 Å². The smallest absolute Gasteiger partial charge is 0.244 e. The van der Waals surface area contributed by atoms with E-state index in [-0.39, 0.29) is 33.8 Å². The van der Waals surface area contributed by atoms with Crippen LogP contribution >= 0.6 is 23.2 Å². The van der Waals surface area contributed by atoms with Crippen LogP contribution in [0.2, 0.25) is 10.0 Å². The van der Waals surface area contributed by atoms with E-state index in [1.807, 2.05) is 0 Å². The predicted octanol–water partition coefficient (Wildman–Crippen LogP) is 5.01. The molecule has 4 saturated carbocycles. The summed E-state index contributed by atoms with van der Waals surface area (Å²) in [4.78, 5) is 13.2. The van der Waals surface area contributed by atoms with Gasteiger partial charge in [-0.2, -0.15) is 4.31 Å². The lowest BCUT2D eigenvalue weighted by Gasteiger charge is -2.61. The molecule has 31 heavy (non-hydrogen) atoms. The summed E-state index contributed by atoms with van der Waals surface area (Å²) in [7, 11) is -3.78. The van der Waals surface area contributed by atoms with E-state index in [1.165, 1.54) is 41.8 Å². The summed E-state index contributed by atoms with van der Waals surface area (Å²) in [5.41, 5.74) is 0.267. The van der Waals surface area contributed by atoms with Gasteiger partial charge in [-0.3, -0.25) is 4.79 Å². The van der Waals surface area contributed by atoms with Gasteiger partial charge in [0.2, 0.25) is 15.9 Å². The molecule has 1 amide bonds. The largest absolute Gasteiger partial charge is 0.351 e. The Balaban J connectivity index is 1.30. The van der Waals surface area contributed by atoms with Gasteiger partial charge in [0.25, 0.3) is 0 Å². The lowest BCUT2D eigenvalue weighted by atomic mass is 9.47. The molecular formula is C23H30Cl2N2O3S. The first kappa shape index (κ1) is 22.0. The fourth-order valence-electron chi connectivity index (χ4n) is 7.57. The van der Waals surface area contributed by atoms with Crippen molar-refractivity contribution in [3.8, 4) is 0 Å². The molecule has 5 nitrogen and oxygen atoms in total. The first-order valence-corrected chi connectivity index (χ1v) is 13.6. The van der Waals surface area contributed by atoms with E-state index in [0.29, 0.717) is 23.4 Å².